The Hall–Kier alpha value is -1.30. The van der Waals surface area contributed by atoms with Gasteiger partial charge >= 0.3 is 0 Å². The number of rotatable bonds is 2. The zero-order valence-electron chi connectivity index (χ0n) is 10.6. The number of carbonyl (C=O) groups is 1. The van der Waals surface area contributed by atoms with E-state index in [4.69, 9.17) is 0 Å². The number of benzene rings is 1. The highest BCUT2D eigenvalue weighted by molar-refractivity contribution is 14.1. The summed E-state index contributed by atoms with van der Waals surface area (Å²) in [6, 6.07) is 9.68. The Kier molecular flexibility index (Phi) is 3.75. The Bertz CT molecular complexity index is 602. The van der Waals surface area contributed by atoms with E-state index in [0.29, 0.717) is 0 Å². The molecule has 1 N–H and O–H groups in total. The molecule has 0 saturated heterocycles. The molecule has 1 aromatic heterocycles. The van der Waals surface area contributed by atoms with Crippen molar-refractivity contribution in [2.75, 3.05) is 5.32 Å². The molecule has 0 aliphatic heterocycles. The third-order valence-corrected chi connectivity index (χ3v) is 3.77. The van der Waals surface area contributed by atoms with Gasteiger partial charge in [0.2, 0.25) is 0 Å². The maximum atomic E-state index is 12.2. The number of hydrogen-bond donors (Lipinski definition) is 1. The standard InChI is InChI=1S/C14H15IN2O/c1-9-7-13(10(2)17(9)3)14(18)16-12-6-4-5-11(15)8-12/h4-8H,1-3H3,(H,16,18). The predicted octanol–water partition coefficient (Wildman–Crippen LogP) is 3.50. The average Bonchev–Trinajstić information content (AvgIpc) is 2.57. The second-order valence-electron chi connectivity index (χ2n) is 4.31. The van der Waals surface area contributed by atoms with Crippen molar-refractivity contribution < 1.29 is 4.79 Å². The Balaban J connectivity index is 2.25. The molecular weight excluding hydrogens is 339 g/mol. The fourth-order valence-corrected chi connectivity index (χ4v) is 2.39. The van der Waals surface area contributed by atoms with Crippen molar-refractivity contribution in [3.8, 4) is 0 Å². The molecule has 3 nitrogen and oxygen atoms in total. The number of anilines is 1. The lowest BCUT2D eigenvalue weighted by Gasteiger charge is -2.06. The number of halogens is 1. The first-order valence-electron chi connectivity index (χ1n) is 5.69. The van der Waals surface area contributed by atoms with Crippen LogP contribution in [0.3, 0.4) is 0 Å². The molecule has 0 saturated carbocycles. The van der Waals surface area contributed by atoms with Gasteiger partial charge in [-0.1, -0.05) is 6.07 Å². The maximum absolute atomic E-state index is 12.2. The minimum Gasteiger partial charge on any atom is -0.351 e. The van der Waals surface area contributed by atoms with Crippen LogP contribution in [0.4, 0.5) is 5.69 Å². The molecular formula is C14H15IN2O. The van der Waals surface area contributed by atoms with E-state index in [1.165, 1.54) is 0 Å². The monoisotopic (exact) mass is 354 g/mol. The molecule has 1 amide bonds. The van der Waals surface area contributed by atoms with Gasteiger partial charge in [-0.15, -0.1) is 0 Å². The number of carbonyl (C=O) groups excluding carboxylic acids is 1. The van der Waals surface area contributed by atoms with E-state index in [1.54, 1.807) is 0 Å². The Morgan fingerprint density at radius 1 is 1.28 bits per heavy atom. The number of aromatic nitrogens is 1. The number of aryl methyl sites for hydroxylation is 1. The van der Waals surface area contributed by atoms with E-state index in [9.17, 15) is 4.79 Å². The molecule has 94 valence electrons. The first-order valence-corrected chi connectivity index (χ1v) is 6.77. The molecule has 1 aromatic carbocycles. The zero-order valence-corrected chi connectivity index (χ0v) is 12.8. The molecule has 0 bridgehead atoms. The van der Waals surface area contributed by atoms with Gasteiger partial charge in [0.05, 0.1) is 5.56 Å². The van der Waals surface area contributed by atoms with Crippen LogP contribution in [0.1, 0.15) is 21.7 Å². The van der Waals surface area contributed by atoms with Crippen molar-refractivity contribution in [1.82, 2.24) is 4.57 Å². The minimum atomic E-state index is -0.0572. The summed E-state index contributed by atoms with van der Waals surface area (Å²) in [5.41, 5.74) is 3.62. The summed E-state index contributed by atoms with van der Waals surface area (Å²) in [4.78, 5) is 12.2. The van der Waals surface area contributed by atoms with Gasteiger partial charge in [-0.2, -0.15) is 0 Å². The summed E-state index contributed by atoms with van der Waals surface area (Å²) >= 11 is 2.23. The molecule has 2 aromatic rings. The van der Waals surface area contributed by atoms with E-state index in [1.807, 2.05) is 55.8 Å². The molecule has 0 unspecified atom stereocenters. The minimum absolute atomic E-state index is 0.0572. The maximum Gasteiger partial charge on any atom is 0.257 e. The van der Waals surface area contributed by atoms with Gasteiger partial charge in [0.25, 0.3) is 5.91 Å². The summed E-state index contributed by atoms with van der Waals surface area (Å²) in [6.07, 6.45) is 0. The van der Waals surface area contributed by atoms with E-state index < -0.39 is 0 Å². The van der Waals surface area contributed by atoms with Crippen LogP contribution in [-0.4, -0.2) is 10.5 Å². The van der Waals surface area contributed by atoms with Crippen LogP contribution in [0.25, 0.3) is 0 Å². The summed E-state index contributed by atoms with van der Waals surface area (Å²) in [5.74, 6) is -0.0572. The summed E-state index contributed by atoms with van der Waals surface area (Å²) in [7, 11) is 1.97. The van der Waals surface area contributed by atoms with Gasteiger partial charge in [0.15, 0.2) is 0 Å². The van der Waals surface area contributed by atoms with Gasteiger partial charge in [-0.3, -0.25) is 4.79 Å². The van der Waals surface area contributed by atoms with Crippen molar-refractivity contribution >= 4 is 34.2 Å². The third kappa shape index (κ3) is 2.58. The molecule has 18 heavy (non-hydrogen) atoms. The second kappa shape index (κ2) is 5.14. The number of nitrogens with one attached hydrogen (secondary N) is 1. The van der Waals surface area contributed by atoms with Gasteiger partial charge < -0.3 is 9.88 Å². The molecule has 0 radical (unpaired) electrons. The fraction of sp³-hybridized carbons (Fsp3) is 0.214. The van der Waals surface area contributed by atoms with Crippen molar-refractivity contribution in [3.05, 3.63) is 50.9 Å². The number of nitrogens with zero attached hydrogens (tertiary/aromatic N) is 1. The Morgan fingerprint density at radius 2 is 2.00 bits per heavy atom. The normalized spacial score (nSPS) is 10.4. The highest BCUT2D eigenvalue weighted by Gasteiger charge is 2.13. The zero-order chi connectivity index (χ0) is 13.3. The number of amides is 1. The molecule has 0 fully saturated rings. The lowest BCUT2D eigenvalue weighted by Crippen LogP contribution is -2.12. The molecule has 2 rings (SSSR count). The smallest absolute Gasteiger partial charge is 0.257 e. The van der Waals surface area contributed by atoms with Crippen LogP contribution in [0, 0.1) is 17.4 Å². The van der Waals surface area contributed by atoms with Crippen molar-refractivity contribution in [3.63, 3.8) is 0 Å². The Morgan fingerprint density at radius 3 is 2.56 bits per heavy atom. The lowest BCUT2D eigenvalue weighted by molar-refractivity contribution is 0.102. The lowest BCUT2D eigenvalue weighted by atomic mass is 10.2. The molecule has 4 heteroatoms. The molecule has 0 atom stereocenters. The molecule has 0 aliphatic rings. The van der Waals surface area contributed by atoms with Crippen LogP contribution in [0.2, 0.25) is 0 Å². The van der Waals surface area contributed by atoms with Gasteiger partial charge in [-0.05, 0) is 60.7 Å². The van der Waals surface area contributed by atoms with Crippen molar-refractivity contribution in [2.24, 2.45) is 7.05 Å². The highest BCUT2D eigenvalue weighted by Crippen LogP contribution is 2.17. The summed E-state index contributed by atoms with van der Waals surface area (Å²) in [6.45, 7) is 3.95. The Labute approximate surface area is 120 Å². The topological polar surface area (TPSA) is 34.0 Å². The van der Waals surface area contributed by atoms with Crippen LogP contribution in [0.15, 0.2) is 30.3 Å². The van der Waals surface area contributed by atoms with Crippen LogP contribution >= 0.6 is 22.6 Å². The molecule has 1 heterocycles. The first kappa shape index (κ1) is 13.1. The van der Waals surface area contributed by atoms with Crippen LogP contribution < -0.4 is 5.32 Å². The van der Waals surface area contributed by atoms with Crippen molar-refractivity contribution in [1.29, 1.82) is 0 Å². The van der Waals surface area contributed by atoms with E-state index >= 15 is 0 Å². The van der Waals surface area contributed by atoms with E-state index in [2.05, 4.69) is 27.9 Å². The first-order chi connectivity index (χ1) is 8.49. The van der Waals surface area contributed by atoms with Crippen LogP contribution in [-0.2, 0) is 7.05 Å². The summed E-state index contributed by atoms with van der Waals surface area (Å²) < 4.78 is 3.12. The largest absolute Gasteiger partial charge is 0.351 e. The average molecular weight is 354 g/mol. The van der Waals surface area contributed by atoms with E-state index in [-0.39, 0.29) is 5.91 Å². The van der Waals surface area contributed by atoms with Gasteiger partial charge in [-0.25, -0.2) is 0 Å². The molecule has 0 aliphatic carbocycles. The van der Waals surface area contributed by atoms with Crippen molar-refractivity contribution in [2.45, 2.75) is 13.8 Å². The quantitative estimate of drug-likeness (QED) is 0.823. The molecule has 0 spiro atoms. The van der Waals surface area contributed by atoms with Gasteiger partial charge in [0.1, 0.15) is 0 Å². The van der Waals surface area contributed by atoms with Crippen LogP contribution in [0.5, 0.6) is 0 Å². The SMILES string of the molecule is Cc1cc(C(=O)Nc2cccc(I)c2)c(C)n1C. The fourth-order valence-electron chi connectivity index (χ4n) is 1.85. The van der Waals surface area contributed by atoms with Gasteiger partial charge in [0, 0.05) is 27.7 Å². The predicted molar refractivity (Wildman–Crippen MR) is 82.0 cm³/mol. The number of hydrogen-bond acceptors (Lipinski definition) is 1. The highest BCUT2D eigenvalue weighted by atomic mass is 127. The second-order valence-corrected chi connectivity index (χ2v) is 5.55. The summed E-state index contributed by atoms with van der Waals surface area (Å²) in [5, 5.41) is 2.92. The van der Waals surface area contributed by atoms with E-state index in [0.717, 1.165) is 26.2 Å². The third-order valence-electron chi connectivity index (χ3n) is 3.10.